The molecule has 1 atom stereocenters. The summed E-state index contributed by atoms with van der Waals surface area (Å²) in [5, 5.41) is 13.4. The van der Waals surface area contributed by atoms with Crippen LogP contribution in [0.3, 0.4) is 0 Å². The van der Waals surface area contributed by atoms with E-state index in [0.29, 0.717) is 19.6 Å². The summed E-state index contributed by atoms with van der Waals surface area (Å²) < 4.78 is 38.2. The molecule has 2 heterocycles. The van der Waals surface area contributed by atoms with E-state index in [-0.39, 0.29) is 11.5 Å². The van der Waals surface area contributed by atoms with E-state index in [0.717, 1.165) is 30.5 Å². The van der Waals surface area contributed by atoms with Gasteiger partial charge in [-0.1, -0.05) is 0 Å². The molecule has 22 heavy (non-hydrogen) atoms. The van der Waals surface area contributed by atoms with Crippen LogP contribution < -0.4 is 5.56 Å². The van der Waals surface area contributed by atoms with Crippen molar-refractivity contribution in [2.24, 2.45) is 5.92 Å². The number of halogens is 3. The zero-order chi connectivity index (χ0) is 15.9. The fraction of sp³-hybridized carbons (Fsp3) is 0.714. The quantitative estimate of drug-likeness (QED) is 0.883. The summed E-state index contributed by atoms with van der Waals surface area (Å²) in [4.78, 5) is 13.5. The molecule has 1 saturated heterocycles. The molecule has 2 aliphatic rings. The number of hydrogen-bond donors (Lipinski definition) is 1. The SMILES string of the molecule is O=c1cc2c(nn1CC1CN(CC(O)C(F)(F)F)C1)CCC2. The number of alkyl halides is 3. The molecular formula is C14H18F3N3O2. The lowest BCUT2D eigenvalue weighted by molar-refractivity contribution is -0.211. The van der Waals surface area contributed by atoms with E-state index in [2.05, 4.69) is 5.10 Å². The second kappa shape index (κ2) is 5.66. The van der Waals surface area contributed by atoms with Gasteiger partial charge in [0, 0.05) is 31.6 Å². The number of aliphatic hydroxyl groups excluding tert-OH is 1. The molecule has 8 heteroatoms. The predicted molar refractivity (Wildman–Crippen MR) is 72.5 cm³/mol. The third-order valence-corrected chi connectivity index (χ3v) is 4.30. The highest BCUT2D eigenvalue weighted by atomic mass is 19.4. The standard InChI is InChI=1S/C14H18F3N3O2/c15-14(16,17)12(21)8-19-5-9(6-19)7-20-13(22)4-10-2-1-3-11(10)18-20/h4,9,12,21H,1-3,5-8H2. The Labute approximate surface area is 125 Å². The van der Waals surface area contributed by atoms with Crippen LogP contribution in [0, 0.1) is 5.92 Å². The molecule has 1 aliphatic heterocycles. The number of nitrogens with zero attached hydrogens (tertiary/aromatic N) is 3. The molecule has 122 valence electrons. The van der Waals surface area contributed by atoms with E-state index in [1.165, 1.54) is 4.68 Å². The molecule has 0 radical (unpaired) electrons. The van der Waals surface area contributed by atoms with Gasteiger partial charge in [-0.2, -0.15) is 18.3 Å². The normalized spacial score (nSPS) is 20.7. The molecule has 0 spiro atoms. The van der Waals surface area contributed by atoms with Crippen LogP contribution in [0.4, 0.5) is 13.2 Å². The molecule has 1 fully saturated rings. The van der Waals surface area contributed by atoms with Crippen LogP contribution in [-0.4, -0.2) is 51.7 Å². The van der Waals surface area contributed by atoms with Gasteiger partial charge in [-0.25, -0.2) is 4.68 Å². The lowest BCUT2D eigenvalue weighted by Gasteiger charge is -2.40. The summed E-state index contributed by atoms with van der Waals surface area (Å²) >= 11 is 0. The number of aliphatic hydroxyl groups is 1. The monoisotopic (exact) mass is 317 g/mol. The topological polar surface area (TPSA) is 58.4 Å². The van der Waals surface area contributed by atoms with Crippen LogP contribution in [0.1, 0.15) is 17.7 Å². The number of fused-ring (bicyclic) bond motifs is 1. The van der Waals surface area contributed by atoms with Crippen molar-refractivity contribution < 1.29 is 18.3 Å². The number of β-amino-alcohol motifs (C(OH)–C–C–N with tert-alkyl or cyclic N) is 1. The van der Waals surface area contributed by atoms with Gasteiger partial charge in [0.15, 0.2) is 6.10 Å². The smallest absolute Gasteiger partial charge is 0.382 e. The van der Waals surface area contributed by atoms with Crippen LogP contribution in [0.15, 0.2) is 10.9 Å². The minimum Gasteiger partial charge on any atom is -0.382 e. The largest absolute Gasteiger partial charge is 0.415 e. The van der Waals surface area contributed by atoms with Gasteiger partial charge in [-0.3, -0.25) is 9.69 Å². The van der Waals surface area contributed by atoms with Crippen molar-refractivity contribution in [2.75, 3.05) is 19.6 Å². The van der Waals surface area contributed by atoms with Crippen molar-refractivity contribution in [3.8, 4) is 0 Å². The Morgan fingerprint density at radius 1 is 1.36 bits per heavy atom. The summed E-state index contributed by atoms with van der Waals surface area (Å²) in [6.45, 7) is 0.897. The number of rotatable bonds is 4. The van der Waals surface area contributed by atoms with Crippen LogP contribution in [-0.2, 0) is 19.4 Å². The Balaban J connectivity index is 1.54. The summed E-state index contributed by atoms with van der Waals surface area (Å²) in [6.07, 6.45) is -4.11. The predicted octanol–water partition coefficient (Wildman–Crippen LogP) is 0.587. The van der Waals surface area contributed by atoms with Crippen molar-refractivity contribution in [2.45, 2.75) is 38.1 Å². The van der Waals surface area contributed by atoms with E-state index in [4.69, 9.17) is 5.11 Å². The zero-order valence-electron chi connectivity index (χ0n) is 12.0. The van der Waals surface area contributed by atoms with Gasteiger partial charge < -0.3 is 5.11 Å². The molecule has 3 rings (SSSR count). The Kier molecular flexibility index (Phi) is 3.98. The highest BCUT2D eigenvalue weighted by Crippen LogP contribution is 2.24. The number of aromatic nitrogens is 2. The first-order valence-electron chi connectivity index (χ1n) is 7.40. The van der Waals surface area contributed by atoms with E-state index in [1.807, 2.05) is 0 Å². The average molecular weight is 317 g/mol. The molecule has 0 aromatic carbocycles. The van der Waals surface area contributed by atoms with Crippen molar-refractivity contribution in [1.29, 1.82) is 0 Å². The molecule has 1 aromatic rings. The second-order valence-electron chi connectivity index (χ2n) is 6.13. The first kappa shape index (κ1) is 15.5. The second-order valence-corrected chi connectivity index (χ2v) is 6.13. The molecular weight excluding hydrogens is 299 g/mol. The van der Waals surface area contributed by atoms with Gasteiger partial charge in [0.05, 0.1) is 12.2 Å². The fourth-order valence-electron chi connectivity index (χ4n) is 3.10. The Morgan fingerprint density at radius 2 is 2.09 bits per heavy atom. The summed E-state index contributed by atoms with van der Waals surface area (Å²) in [7, 11) is 0. The third kappa shape index (κ3) is 3.17. The summed E-state index contributed by atoms with van der Waals surface area (Å²) in [5.41, 5.74) is 1.84. The van der Waals surface area contributed by atoms with Crippen molar-refractivity contribution in [3.63, 3.8) is 0 Å². The third-order valence-electron chi connectivity index (χ3n) is 4.30. The molecule has 1 N–H and O–H groups in total. The molecule has 0 amide bonds. The zero-order valence-corrected chi connectivity index (χ0v) is 12.0. The van der Waals surface area contributed by atoms with Gasteiger partial charge in [0.25, 0.3) is 5.56 Å². The van der Waals surface area contributed by atoms with Crippen LogP contribution in [0.5, 0.6) is 0 Å². The van der Waals surface area contributed by atoms with E-state index >= 15 is 0 Å². The maximum absolute atomic E-state index is 12.3. The molecule has 0 bridgehead atoms. The van der Waals surface area contributed by atoms with Gasteiger partial charge in [0.2, 0.25) is 0 Å². The highest BCUT2D eigenvalue weighted by molar-refractivity contribution is 5.22. The minimum atomic E-state index is -4.58. The minimum absolute atomic E-state index is 0.102. The summed E-state index contributed by atoms with van der Waals surface area (Å²) in [5.74, 6) is 0.102. The molecule has 5 nitrogen and oxygen atoms in total. The first-order chi connectivity index (χ1) is 10.3. The van der Waals surface area contributed by atoms with Gasteiger partial charge in [-0.05, 0) is 24.8 Å². The Hall–Kier alpha value is -1.41. The maximum atomic E-state index is 12.3. The molecule has 1 aliphatic carbocycles. The van der Waals surface area contributed by atoms with E-state index in [1.54, 1.807) is 11.0 Å². The fourth-order valence-corrected chi connectivity index (χ4v) is 3.10. The number of aryl methyl sites for hydroxylation is 2. The molecule has 1 unspecified atom stereocenters. The van der Waals surface area contributed by atoms with E-state index in [9.17, 15) is 18.0 Å². The van der Waals surface area contributed by atoms with Crippen LogP contribution in [0.25, 0.3) is 0 Å². The van der Waals surface area contributed by atoms with Gasteiger partial charge in [0.1, 0.15) is 0 Å². The number of hydrogen-bond acceptors (Lipinski definition) is 4. The van der Waals surface area contributed by atoms with Crippen LogP contribution >= 0.6 is 0 Å². The van der Waals surface area contributed by atoms with Crippen LogP contribution in [0.2, 0.25) is 0 Å². The lowest BCUT2D eigenvalue weighted by atomic mass is 9.99. The Morgan fingerprint density at radius 3 is 2.77 bits per heavy atom. The molecule has 1 aromatic heterocycles. The van der Waals surface area contributed by atoms with Crippen molar-refractivity contribution in [1.82, 2.24) is 14.7 Å². The van der Waals surface area contributed by atoms with Crippen molar-refractivity contribution >= 4 is 0 Å². The Bertz CT molecular complexity index is 608. The number of likely N-dealkylation sites (tertiary alicyclic amines) is 1. The summed E-state index contributed by atoms with van der Waals surface area (Å²) in [6, 6.07) is 1.62. The first-order valence-corrected chi connectivity index (χ1v) is 7.40. The highest BCUT2D eigenvalue weighted by Gasteiger charge is 2.41. The molecule has 0 saturated carbocycles. The average Bonchev–Trinajstić information content (AvgIpc) is 2.81. The van der Waals surface area contributed by atoms with Gasteiger partial charge in [-0.15, -0.1) is 0 Å². The lowest BCUT2D eigenvalue weighted by Crippen LogP contribution is -2.54. The van der Waals surface area contributed by atoms with Gasteiger partial charge >= 0.3 is 6.18 Å². The maximum Gasteiger partial charge on any atom is 0.415 e. The van der Waals surface area contributed by atoms with E-state index < -0.39 is 18.8 Å². The van der Waals surface area contributed by atoms with Crippen molar-refractivity contribution in [3.05, 3.63) is 27.7 Å².